The van der Waals surface area contributed by atoms with Crippen molar-refractivity contribution < 1.29 is 4.74 Å². The largest absolute Gasteiger partial charge is 0.457 e. The van der Waals surface area contributed by atoms with Crippen molar-refractivity contribution >= 4 is 11.3 Å². The molecule has 0 aromatic heterocycles. The van der Waals surface area contributed by atoms with Gasteiger partial charge in [0.1, 0.15) is 17.2 Å². The van der Waals surface area contributed by atoms with Gasteiger partial charge in [0.25, 0.3) is 0 Å². The van der Waals surface area contributed by atoms with E-state index in [9.17, 15) is 0 Å². The number of nitrogens with two attached hydrogens (primary N) is 2. The van der Waals surface area contributed by atoms with Gasteiger partial charge < -0.3 is 21.5 Å². The molecule has 0 bridgehead atoms. The van der Waals surface area contributed by atoms with E-state index in [1.54, 1.807) is 0 Å². The Balaban J connectivity index is 1.05. The highest BCUT2D eigenvalue weighted by Crippen LogP contribution is 2.62. The molecule has 5 aliphatic rings. The Morgan fingerprint density at radius 3 is 2.08 bits per heavy atom. The molecule has 4 aliphatic heterocycles. The Bertz CT molecular complexity index is 2520. The predicted molar refractivity (Wildman–Crippen MR) is 212 cm³/mol. The van der Waals surface area contributed by atoms with Crippen molar-refractivity contribution in [1.82, 2.24) is 10.2 Å². The normalized spacial score (nSPS) is 22.5. The van der Waals surface area contributed by atoms with Crippen molar-refractivity contribution in [2.75, 3.05) is 13.1 Å². The number of hydrogen-bond donors (Lipinski definition) is 3. The van der Waals surface area contributed by atoms with E-state index in [4.69, 9.17) is 16.2 Å². The van der Waals surface area contributed by atoms with Crippen LogP contribution in [0.4, 0.5) is 0 Å². The fourth-order valence-electron chi connectivity index (χ4n) is 9.80. The van der Waals surface area contributed by atoms with Crippen LogP contribution in [0.5, 0.6) is 11.5 Å². The van der Waals surface area contributed by atoms with Gasteiger partial charge in [0.05, 0.1) is 17.0 Å². The summed E-state index contributed by atoms with van der Waals surface area (Å²) in [5.74, 6) is 1.77. The monoisotopic (exact) mass is 686 g/mol. The third kappa shape index (κ3) is 4.18. The maximum absolute atomic E-state index is 7.42. The molecule has 4 heterocycles. The first-order valence-corrected chi connectivity index (χ1v) is 18.5. The van der Waals surface area contributed by atoms with Crippen LogP contribution in [0.15, 0.2) is 175 Å². The lowest BCUT2D eigenvalue weighted by molar-refractivity contribution is 0.279. The van der Waals surface area contributed by atoms with Crippen LogP contribution in [0.3, 0.4) is 0 Å². The maximum Gasteiger partial charge on any atom is 0.132 e. The molecule has 3 atom stereocenters. The number of para-hydroxylation sites is 2. The van der Waals surface area contributed by atoms with Crippen LogP contribution in [0.25, 0.3) is 22.4 Å². The molecule has 1 spiro atoms. The molecule has 0 amide bonds. The summed E-state index contributed by atoms with van der Waals surface area (Å²) in [5.41, 5.74) is 26.8. The fraction of sp³-hybridized carbons (Fsp3) is 0.125. The first kappa shape index (κ1) is 30.6. The molecule has 5 heteroatoms. The minimum atomic E-state index is -1.17. The minimum Gasteiger partial charge on any atom is -0.457 e. The van der Waals surface area contributed by atoms with E-state index in [1.807, 2.05) is 0 Å². The summed E-state index contributed by atoms with van der Waals surface area (Å²) in [6.45, 7) is 1.67. The van der Waals surface area contributed by atoms with E-state index in [0.29, 0.717) is 0 Å². The summed E-state index contributed by atoms with van der Waals surface area (Å²) >= 11 is 0. The predicted octanol–water partition coefficient (Wildman–Crippen LogP) is 8.42. The lowest BCUT2D eigenvalue weighted by Crippen LogP contribution is -2.58. The van der Waals surface area contributed by atoms with Gasteiger partial charge >= 0.3 is 0 Å². The summed E-state index contributed by atoms with van der Waals surface area (Å²) in [5, 5.41) is 3.74. The third-order valence-electron chi connectivity index (χ3n) is 12.2. The smallest absolute Gasteiger partial charge is 0.132 e. The number of ether oxygens (including phenoxy) is 1. The zero-order valence-corrected chi connectivity index (χ0v) is 29.2. The van der Waals surface area contributed by atoms with Crippen LogP contribution in [0, 0.1) is 0 Å². The molecule has 1 fully saturated rings. The van der Waals surface area contributed by atoms with E-state index in [-0.39, 0.29) is 11.6 Å². The van der Waals surface area contributed by atoms with Gasteiger partial charge in [-0.1, -0.05) is 146 Å². The molecule has 1 aliphatic carbocycles. The van der Waals surface area contributed by atoms with Crippen molar-refractivity contribution in [3.05, 3.63) is 214 Å². The van der Waals surface area contributed by atoms with Crippen LogP contribution >= 0.6 is 0 Å². The lowest BCUT2D eigenvalue weighted by atomic mass is 9.65. The zero-order chi connectivity index (χ0) is 35.4. The standard InChI is InChI=1S/C48H38N4O/c49-48(50,45-37(31-13-3-1-4-14-31)29-46(30-52(45)46)34-16-5-2-6-17-34)35-18-11-15-32(27-35)33-24-25-36-41(28-33)47(40-21-12-26-51-44(36)40)38-19-7-9-22-42(38)53-43-23-10-8-20-39(43)47/h1-25,27-29,45,51H,26,30,49-50H2. The Morgan fingerprint density at radius 2 is 1.32 bits per heavy atom. The van der Waals surface area contributed by atoms with Crippen LogP contribution in [-0.2, 0) is 16.6 Å². The van der Waals surface area contributed by atoms with Gasteiger partial charge in [-0.25, -0.2) is 0 Å². The first-order chi connectivity index (χ1) is 26.0. The summed E-state index contributed by atoms with van der Waals surface area (Å²) in [6, 6.07) is 53.5. The molecular formula is C48H38N4O. The molecule has 256 valence electrons. The third-order valence-corrected chi connectivity index (χ3v) is 12.2. The average Bonchev–Trinajstić information content (AvgIpc) is 3.72. The van der Waals surface area contributed by atoms with E-state index >= 15 is 0 Å². The van der Waals surface area contributed by atoms with Crippen molar-refractivity contribution in [2.45, 2.75) is 22.7 Å². The molecule has 1 saturated heterocycles. The molecule has 0 radical (unpaired) electrons. The van der Waals surface area contributed by atoms with E-state index < -0.39 is 11.1 Å². The SMILES string of the molecule is NC(N)(c1cccc(-c2ccc3c(c2)C2(C4=C3NCC=C4)c3ccccc3Oc3ccccc32)c1)C1C(c2ccccc2)=CC2(c3ccccc3)CN12. The molecule has 6 aromatic rings. The van der Waals surface area contributed by atoms with Gasteiger partial charge in [0.2, 0.25) is 0 Å². The van der Waals surface area contributed by atoms with Crippen molar-refractivity contribution in [3.8, 4) is 22.6 Å². The average molecular weight is 687 g/mol. The Hall–Kier alpha value is -5.98. The van der Waals surface area contributed by atoms with Crippen LogP contribution < -0.4 is 21.5 Å². The number of benzene rings is 6. The summed E-state index contributed by atoms with van der Waals surface area (Å²) in [7, 11) is 0. The first-order valence-electron chi connectivity index (χ1n) is 18.5. The summed E-state index contributed by atoms with van der Waals surface area (Å²) in [6.07, 6.45) is 6.94. The minimum absolute atomic E-state index is 0.210. The number of hydrogen-bond acceptors (Lipinski definition) is 5. The second kappa shape index (κ2) is 11.0. The van der Waals surface area contributed by atoms with Gasteiger partial charge in [-0.05, 0) is 68.8 Å². The van der Waals surface area contributed by atoms with Gasteiger partial charge in [0.15, 0.2) is 0 Å². The van der Waals surface area contributed by atoms with Gasteiger partial charge in [0, 0.05) is 35.5 Å². The Morgan fingerprint density at radius 1 is 0.660 bits per heavy atom. The Kier molecular flexibility index (Phi) is 6.37. The van der Waals surface area contributed by atoms with E-state index in [1.165, 1.54) is 33.5 Å². The van der Waals surface area contributed by atoms with Crippen molar-refractivity contribution in [1.29, 1.82) is 0 Å². The number of nitrogens with one attached hydrogen (secondary N) is 1. The second-order valence-corrected chi connectivity index (χ2v) is 15.0. The van der Waals surface area contributed by atoms with E-state index in [0.717, 1.165) is 58.0 Å². The number of rotatable bonds is 5. The van der Waals surface area contributed by atoms with Gasteiger partial charge in [-0.3, -0.25) is 4.90 Å². The number of allylic oxidation sites excluding steroid dienone is 2. The molecule has 3 unspecified atom stereocenters. The fourth-order valence-corrected chi connectivity index (χ4v) is 9.80. The quantitative estimate of drug-likeness (QED) is 0.125. The molecule has 5 N–H and O–H groups in total. The molecule has 0 saturated carbocycles. The number of nitrogens with zero attached hydrogens (tertiary/aromatic N) is 1. The second-order valence-electron chi connectivity index (χ2n) is 15.0. The highest BCUT2D eigenvalue weighted by molar-refractivity contribution is 5.91. The van der Waals surface area contributed by atoms with Crippen LogP contribution in [-0.4, -0.2) is 24.0 Å². The molecule has 5 nitrogen and oxygen atoms in total. The Labute approximate surface area is 309 Å². The topological polar surface area (TPSA) is 76.3 Å². The molecule has 53 heavy (non-hydrogen) atoms. The van der Waals surface area contributed by atoms with E-state index in [2.05, 4.69) is 180 Å². The van der Waals surface area contributed by atoms with Crippen LogP contribution in [0.1, 0.15) is 38.9 Å². The molecular weight excluding hydrogens is 649 g/mol. The number of dihydropyridines is 1. The summed E-state index contributed by atoms with van der Waals surface area (Å²) < 4.78 is 6.56. The van der Waals surface area contributed by atoms with Gasteiger partial charge in [-0.2, -0.15) is 0 Å². The van der Waals surface area contributed by atoms with Crippen molar-refractivity contribution in [2.24, 2.45) is 11.5 Å². The number of fused-ring (bicyclic) bond motifs is 9. The zero-order valence-electron chi connectivity index (χ0n) is 29.2. The molecule has 11 rings (SSSR count). The highest BCUT2D eigenvalue weighted by Gasteiger charge is 2.64. The molecule has 6 aromatic carbocycles. The maximum atomic E-state index is 7.42. The summed E-state index contributed by atoms with van der Waals surface area (Å²) in [4.78, 5) is 2.47. The van der Waals surface area contributed by atoms with Crippen molar-refractivity contribution in [3.63, 3.8) is 0 Å². The van der Waals surface area contributed by atoms with Gasteiger partial charge in [-0.15, -0.1) is 0 Å². The lowest BCUT2D eigenvalue weighted by Gasteiger charge is -2.40. The highest BCUT2D eigenvalue weighted by atomic mass is 16.5. The van der Waals surface area contributed by atoms with Crippen LogP contribution in [0.2, 0.25) is 0 Å².